The summed E-state index contributed by atoms with van der Waals surface area (Å²) in [5, 5.41) is 6.43. The Morgan fingerprint density at radius 3 is 2.35 bits per heavy atom. The number of benzene rings is 3. The number of hydrazone groups is 1. The van der Waals surface area contributed by atoms with E-state index in [0.717, 1.165) is 0 Å². The van der Waals surface area contributed by atoms with Gasteiger partial charge in [-0.3, -0.25) is 9.59 Å². The minimum Gasteiger partial charge on any atom is -0.493 e. The van der Waals surface area contributed by atoms with Gasteiger partial charge in [0.1, 0.15) is 0 Å². The van der Waals surface area contributed by atoms with E-state index in [4.69, 9.17) is 14.2 Å². The Morgan fingerprint density at radius 2 is 1.65 bits per heavy atom. The van der Waals surface area contributed by atoms with Crippen molar-refractivity contribution in [1.29, 1.82) is 0 Å². The van der Waals surface area contributed by atoms with Crippen LogP contribution in [0.3, 0.4) is 0 Å². The van der Waals surface area contributed by atoms with Gasteiger partial charge in [0.15, 0.2) is 17.2 Å². The lowest BCUT2D eigenvalue weighted by molar-refractivity contribution is -0.120. The van der Waals surface area contributed by atoms with Crippen LogP contribution in [0.1, 0.15) is 26.3 Å². The summed E-state index contributed by atoms with van der Waals surface area (Å²) < 4.78 is 17.7. The van der Waals surface area contributed by atoms with Crippen molar-refractivity contribution in [1.82, 2.24) is 10.7 Å². The summed E-state index contributed by atoms with van der Waals surface area (Å²) in [5.41, 5.74) is 3.39. The summed E-state index contributed by atoms with van der Waals surface area (Å²) in [4.78, 5) is 37.3. The first-order valence-corrected chi connectivity index (χ1v) is 12.9. The van der Waals surface area contributed by atoms with E-state index in [-0.39, 0.29) is 12.3 Å². The van der Waals surface area contributed by atoms with Gasteiger partial charge in [-0.1, -0.05) is 28.1 Å². The van der Waals surface area contributed by atoms with Crippen molar-refractivity contribution in [2.24, 2.45) is 5.10 Å². The third kappa shape index (κ3) is 7.63. The van der Waals surface area contributed by atoms with Crippen LogP contribution in [0.5, 0.6) is 17.2 Å². The van der Waals surface area contributed by atoms with E-state index in [9.17, 15) is 14.4 Å². The molecule has 0 aliphatic rings. The fourth-order valence-corrected chi connectivity index (χ4v) is 4.80. The molecule has 0 spiro atoms. The number of carbonyl (C=O) groups excluding carboxylic acids is 3. The third-order valence-corrected chi connectivity index (χ3v) is 6.51. The molecule has 0 aliphatic heterocycles. The Kier molecular flexibility index (Phi) is 10.2. The van der Waals surface area contributed by atoms with Crippen molar-refractivity contribution in [3.8, 4) is 17.2 Å². The molecular weight excluding hydrogens is 678 g/mol. The Balaban J connectivity index is 1.64. The molecule has 3 rings (SSSR count). The Morgan fingerprint density at radius 1 is 0.919 bits per heavy atom. The molecule has 0 bridgehead atoms. The van der Waals surface area contributed by atoms with Gasteiger partial charge < -0.3 is 19.5 Å². The number of halogens is 3. The lowest BCUT2D eigenvalue weighted by Crippen LogP contribution is -2.34. The first-order chi connectivity index (χ1) is 17.7. The van der Waals surface area contributed by atoms with E-state index in [0.29, 0.717) is 41.6 Å². The second-order valence-electron chi connectivity index (χ2n) is 7.22. The van der Waals surface area contributed by atoms with Gasteiger partial charge in [-0.05, 0) is 74.3 Å². The molecule has 0 aromatic heterocycles. The smallest absolute Gasteiger partial charge is 0.344 e. The summed E-state index contributed by atoms with van der Waals surface area (Å²) in [7, 11) is 2.95. The van der Waals surface area contributed by atoms with Crippen molar-refractivity contribution in [3.63, 3.8) is 0 Å². The molecule has 2 amide bonds. The van der Waals surface area contributed by atoms with Crippen LogP contribution in [-0.4, -0.2) is 44.8 Å². The maximum Gasteiger partial charge on any atom is 0.344 e. The highest BCUT2D eigenvalue weighted by Gasteiger charge is 2.17. The van der Waals surface area contributed by atoms with Gasteiger partial charge in [-0.2, -0.15) is 5.10 Å². The van der Waals surface area contributed by atoms with Gasteiger partial charge >= 0.3 is 5.97 Å². The Labute approximate surface area is 237 Å². The lowest BCUT2D eigenvalue weighted by atomic mass is 10.2. The van der Waals surface area contributed by atoms with Gasteiger partial charge in [0, 0.05) is 20.1 Å². The fraction of sp³-hybridized carbons (Fsp3) is 0.120. The number of hydrogen-bond donors (Lipinski definition) is 2. The highest BCUT2D eigenvalue weighted by atomic mass is 79.9. The molecule has 0 radical (unpaired) electrons. The minimum absolute atomic E-state index is 0.212. The van der Waals surface area contributed by atoms with Crippen molar-refractivity contribution in [3.05, 3.63) is 84.7 Å². The number of nitrogens with zero attached hydrogens (tertiary/aromatic N) is 1. The van der Waals surface area contributed by atoms with Crippen LogP contribution >= 0.6 is 47.8 Å². The SMILES string of the molecule is COc1ccc(C(=O)NCC(=O)N/N=C/c2cc(Br)cc(Br)c2OC(=O)c2ccccc2Br)cc1OC. The summed E-state index contributed by atoms with van der Waals surface area (Å²) >= 11 is 10.1. The quantitative estimate of drug-likeness (QED) is 0.139. The molecule has 0 unspecified atom stereocenters. The normalized spacial score (nSPS) is 10.6. The van der Waals surface area contributed by atoms with Gasteiger partial charge in [0.25, 0.3) is 11.8 Å². The van der Waals surface area contributed by atoms with Crippen LogP contribution in [0.15, 0.2) is 73.1 Å². The van der Waals surface area contributed by atoms with Crippen LogP contribution in [-0.2, 0) is 4.79 Å². The molecule has 12 heteroatoms. The number of hydrogen-bond acceptors (Lipinski definition) is 7. The monoisotopic (exact) mass is 695 g/mol. The molecule has 0 saturated carbocycles. The number of nitrogens with one attached hydrogen (secondary N) is 2. The predicted molar refractivity (Wildman–Crippen MR) is 149 cm³/mol. The Bertz CT molecular complexity index is 1360. The van der Waals surface area contributed by atoms with E-state index >= 15 is 0 Å². The summed E-state index contributed by atoms with van der Waals surface area (Å²) in [6.45, 7) is -0.323. The van der Waals surface area contributed by atoms with Gasteiger partial charge in [0.2, 0.25) is 0 Å². The Hall–Kier alpha value is -3.22. The van der Waals surface area contributed by atoms with Crippen molar-refractivity contribution < 1.29 is 28.6 Å². The second kappa shape index (κ2) is 13.4. The molecule has 0 saturated heterocycles. The molecule has 192 valence electrons. The third-order valence-electron chi connectivity index (χ3n) is 4.77. The highest BCUT2D eigenvalue weighted by Crippen LogP contribution is 2.33. The topological polar surface area (TPSA) is 115 Å². The zero-order valence-corrected chi connectivity index (χ0v) is 24.3. The zero-order chi connectivity index (χ0) is 26.9. The largest absolute Gasteiger partial charge is 0.493 e. The van der Waals surface area contributed by atoms with Crippen LogP contribution in [0.25, 0.3) is 0 Å². The molecule has 3 aromatic carbocycles. The molecule has 37 heavy (non-hydrogen) atoms. The molecule has 9 nitrogen and oxygen atoms in total. The molecule has 0 atom stereocenters. The first kappa shape index (κ1) is 28.4. The average molecular weight is 698 g/mol. The number of esters is 1. The fourth-order valence-electron chi connectivity index (χ4n) is 3.01. The summed E-state index contributed by atoms with van der Waals surface area (Å²) in [5.74, 6) is -0.536. The lowest BCUT2D eigenvalue weighted by Gasteiger charge is -2.11. The summed E-state index contributed by atoms with van der Waals surface area (Å²) in [6, 6.07) is 14.9. The molecule has 0 heterocycles. The van der Waals surface area contributed by atoms with Crippen LogP contribution in [0.4, 0.5) is 0 Å². The molecule has 2 N–H and O–H groups in total. The number of rotatable bonds is 9. The predicted octanol–water partition coefficient (Wildman–Crippen LogP) is 5.09. The van der Waals surface area contributed by atoms with Gasteiger partial charge in [-0.25, -0.2) is 10.2 Å². The first-order valence-electron chi connectivity index (χ1n) is 10.5. The van der Waals surface area contributed by atoms with Crippen LogP contribution < -0.4 is 25.0 Å². The van der Waals surface area contributed by atoms with E-state index in [1.165, 1.54) is 26.5 Å². The van der Waals surface area contributed by atoms with Crippen molar-refractivity contribution in [2.75, 3.05) is 20.8 Å². The summed E-state index contributed by atoms with van der Waals surface area (Å²) in [6.07, 6.45) is 1.33. The van der Waals surface area contributed by atoms with E-state index in [1.807, 2.05) is 0 Å². The average Bonchev–Trinajstić information content (AvgIpc) is 2.88. The van der Waals surface area contributed by atoms with E-state index in [1.54, 1.807) is 48.5 Å². The van der Waals surface area contributed by atoms with Crippen molar-refractivity contribution in [2.45, 2.75) is 0 Å². The van der Waals surface area contributed by atoms with Crippen molar-refractivity contribution >= 4 is 71.8 Å². The number of ether oxygens (including phenoxy) is 3. The number of carbonyl (C=O) groups is 3. The van der Waals surface area contributed by atoms with E-state index < -0.39 is 17.8 Å². The van der Waals surface area contributed by atoms with Crippen LogP contribution in [0.2, 0.25) is 0 Å². The molecule has 0 fully saturated rings. The van der Waals surface area contributed by atoms with Crippen LogP contribution in [0, 0.1) is 0 Å². The molecular formula is C25H20Br3N3O6. The zero-order valence-electron chi connectivity index (χ0n) is 19.5. The second-order valence-corrected chi connectivity index (χ2v) is 9.85. The highest BCUT2D eigenvalue weighted by molar-refractivity contribution is 9.11. The maximum atomic E-state index is 12.7. The minimum atomic E-state index is -0.577. The van der Waals surface area contributed by atoms with E-state index in [2.05, 4.69) is 63.6 Å². The molecule has 0 aliphatic carbocycles. The van der Waals surface area contributed by atoms with Gasteiger partial charge in [-0.15, -0.1) is 0 Å². The standard InChI is InChI=1S/C25H20Br3N3O6/c1-35-20-8-7-14(10-21(20)36-2)24(33)29-13-22(32)31-30-12-15-9-16(26)11-19(28)23(15)37-25(34)17-5-3-4-6-18(17)27/h3-12H,13H2,1-2H3,(H,29,33)(H,31,32)/b30-12+. The molecule has 3 aromatic rings. The van der Waals surface area contributed by atoms with Gasteiger partial charge in [0.05, 0.1) is 37.0 Å². The number of methoxy groups -OCH3 is 2. The number of amides is 2. The maximum absolute atomic E-state index is 12.7.